The summed E-state index contributed by atoms with van der Waals surface area (Å²) in [6, 6.07) is 5.92. The van der Waals surface area contributed by atoms with Crippen LogP contribution in [-0.2, 0) is 11.1 Å². The second-order valence-corrected chi connectivity index (χ2v) is 3.26. The molecule has 0 N–H and O–H groups in total. The molecule has 3 nitrogen and oxygen atoms in total. The summed E-state index contributed by atoms with van der Waals surface area (Å²) in [5.74, 6) is -0.137. The van der Waals surface area contributed by atoms with Crippen molar-refractivity contribution >= 4 is 16.9 Å². The van der Waals surface area contributed by atoms with Crippen LogP contribution in [0.5, 0.6) is 0 Å². The fourth-order valence-electron chi connectivity index (χ4n) is 0.819. The van der Waals surface area contributed by atoms with Crippen LogP contribution in [0.15, 0.2) is 29.2 Å². The van der Waals surface area contributed by atoms with E-state index in [4.69, 9.17) is 0 Å². The summed E-state index contributed by atoms with van der Waals surface area (Å²) >= 11 is -2.26. The molecule has 0 aromatic heterocycles. The SMILES string of the molecule is CC(=O)c1cccc(S(=O)[O-])c1.[Na+]. The standard InChI is InChI=1S/C8H8O3S.Na/c1-6(9)7-3-2-4-8(5-7)12(10)11;/h2-5H,1H3,(H,10,11);/q;+1/p-1. The molecule has 1 unspecified atom stereocenters. The summed E-state index contributed by atoms with van der Waals surface area (Å²) < 4.78 is 20.9. The van der Waals surface area contributed by atoms with Crippen molar-refractivity contribution in [2.24, 2.45) is 0 Å². The second kappa shape index (κ2) is 5.67. The van der Waals surface area contributed by atoms with Crippen molar-refractivity contribution < 1.29 is 43.1 Å². The largest absolute Gasteiger partial charge is 1.00 e. The fraction of sp³-hybridized carbons (Fsp3) is 0.125. The van der Waals surface area contributed by atoms with Crippen LogP contribution in [0.1, 0.15) is 17.3 Å². The molecule has 0 aliphatic rings. The van der Waals surface area contributed by atoms with Crippen LogP contribution in [0.2, 0.25) is 0 Å². The molecule has 0 spiro atoms. The van der Waals surface area contributed by atoms with E-state index in [0.717, 1.165) is 0 Å². The number of Topliss-reactive ketones (excluding diaryl/α,β-unsaturated/α-hetero) is 1. The van der Waals surface area contributed by atoms with Crippen molar-refractivity contribution in [3.8, 4) is 0 Å². The Morgan fingerprint density at radius 2 is 2.08 bits per heavy atom. The number of hydrogen-bond donors (Lipinski definition) is 0. The molecule has 0 amide bonds. The summed E-state index contributed by atoms with van der Waals surface area (Å²) in [5, 5.41) is 0. The van der Waals surface area contributed by atoms with Crippen LogP contribution in [-0.4, -0.2) is 14.5 Å². The van der Waals surface area contributed by atoms with Crippen molar-refractivity contribution in [1.82, 2.24) is 0 Å². The molecule has 64 valence electrons. The van der Waals surface area contributed by atoms with Crippen LogP contribution < -0.4 is 29.6 Å². The van der Waals surface area contributed by atoms with Gasteiger partial charge in [-0.05, 0) is 30.1 Å². The number of carbonyl (C=O) groups excluding carboxylic acids is 1. The number of hydrogen-bond acceptors (Lipinski definition) is 3. The third kappa shape index (κ3) is 3.70. The first-order valence-corrected chi connectivity index (χ1v) is 4.39. The number of ketones is 1. The van der Waals surface area contributed by atoms with Crippen molar-refractivity contribution in [2.75, 3.05) is 0 Å². The Hall–Kier alpha value is 0. The van der Waals surface area contributed by atoms with Gasteiger partial charge in [0.15, 0.2) is 5.78 Å². The van der Waals surface area contributed by atoms with E-state index in [1.54, 1.807) is 12.1 Å². The first-order valence-electron chi connectivity index (χ1n) is 3.31. The van der Waals surface area contributed by atoms with E-state index < -0.39 is 11.1 Å². The van der Waals surface area contributed by atoms with Gasteiger partial charge < -0.3 is 4.55 Å². The third-order valence-corrected chi connectivity index (χ3v) is 2.07. The molecule has 0 aliphatic heterocycles. The smallest absolute Gasteiger partial charge is 0.768 e. The Balaban J connectivity index is 0.00000144. The molecule has 0 aliphatic carbocycles. The van der Waals surface area contributed by atoms with E-state index in [1.807, 2.05) is 0 Å². The minimum absolute atomic E-state index is 0. The van der Waals surface area contributed by atoms with Gasteiger partial charge in [-0.1, -0.05) is 12.1 Å². The van der Waals surface area contributed by atoms with Gasteiger partial charge in [-0.2, -0.15) is 0 Å². The molecule has 13 heavy (non-hydrogen) atoms. The zero-order valence-electron chi connectivity index (χ0n) is 7.44. The van der Waals surface area contributed by atoms with E-state index in [0.29, 0.717) is 5.56 Å². The van der Waals surface area contributed by atoms with E-state index in [-0.39, 0.29) is 40.2 Å². The van der Waals surface area contributed by atoms with Crippen molar-refractivity contribution in [3.63, 3.8) is 0 Å². The van der Waals surface area contributed by atoms with Gasteiger partial charge in [0.1, 0.15) is 0 Å². The number of rotatable bonds is 2. The molecule has 5 heteroatoms. The zero-order valence-corrected chi connectivity index (χ0v) is 10.3. The zero-order chi connectivity index (χ0) is 9.14. The number of benzene rings is 1. The quantitative estimate of drug-likeness (QED) is 0.323. The average molecular weight is 206 g/mol. The van der Waals surface area contributed by atoms with Crippen LogP contribution >= 0.6 is 0 Å². The van der Waals surface area contributed by atoms with Gasteiger partial charge in [0.05, 0.1) is 0 Å². The van der Waals surface area contributed by atoms with Crippen molar-refractivity contribution in [3.05, 3.63) is 29.8 Å². The molecule has 0 saturated heterocycles. The normalized spacial score (nSPS) is 11.5. The van der Waals surface area contributed by atoms with Gasteiger partial charge in [-0.15, -0.1) is 0 Å². The molecular weight excluding hydrogens is 199 g/mol. The van der Waals surface area contributed by atoms with Crippen LogP contribution in [0, 0.1) is 0 Å². The monoisotopic (exact) mass is 206 g/mol. The summed E-state index contributed by atoms with van der Waals surface area (Å²) in [7, 11) is 0. The maximum absolute atomic E-state index is 10.8. The molecule has 1 aromatic rings. The Bertz CT molecular complexity index is 309. The Kier molecular flexibility index (Phi) is 5.67. The number of carbonyl (C=O) groups is 1. The predicted molar refractivity (Wildman–Crippen MR) is 43.6 cm³/mol. The minimum Gasteiger partial charge on any atom is -0.768 e. The molecule has 0 radical (unpaired) electrons. The van der Waals surface area contributed by atoms with Gasteiger partial charge in [0.25, 0.3) is 0 Å². The van der Waals surface area contributed by atoms with Crippen LogP contribution in [0.3, 0.4) is 0 Å². The van der Waals surface area contributed by atoms with E-state index in [9.17, 15) is 13.6 Å². The van der Waals surface area contributed by atoms with E-state index in [1.165, 1.54) is 19.1 Å². The molecule has 0 saturated carbocycles. The molecule has 0 heterocycles. The average Bonchev–Trinajstić information content (AvgIpc) is 2.04. The molecule has 1 atom stereocenters. The summed E-state index contributed by atoms with van der Waals surface area (Å²) in [6.45, 7) is 1.40. The molecule has 0 bridgehead atoms. The van der Waals surface area contributed by atoms with E-state index >= 15 is 0 Å². The fourth-order valence-corrected chi connectivity index (χ4v) is 1.23. The minimum atomic E-state index is -2.26. The summed E-state index contributed by atoms with van der Waals surface area (Å²) in [6.07, 6.45) is 0. The second-order valence-electron chi connectivity index (χ2n) is 2.32. The van der Waals surface area contributed by atoms with Crippen LogP contribution in [0.4, 0.5) is 0 Å². The summed E-state index contributed by atoms with van der Waals surface area (Å²) in [4.78, 5) is 11.0. The maximum Gasteiger partial charge on any atom is 1.00 e. The van der Waals surface area contributed by atoms with Crippen molar-refractivity contribution in [2.45, 2.75) is 11.8 Å². The third-order valence-electron chi connectivity index (χ3n) is 1.43. The molecule has 0 fully saturated rings. The van der Waals surface area contributed by atoms with Crippen LogP contribution in [0.25, 0.3) is 0 Å². The Morgan fingerprint density at radius 1 is 1.46 bits per heavy atom. The van der Waals surface area contributed by atoms with Gasteiger partial charge in [-0.3, -0.25) is 9.00 Å². The van der Waals surface area contributed by atoms with Gasteiger partial charge in [0, 0.05) is 10.5 Å². The topological polar surface area (TPSA) is 57.2 Å². The molecule has 1 rings (SSSR count). The van der Waals surface area contributed by atoms with Gasteiger partial charge in [-0.25, -0.2) is 0 Å². The first-order chi connectivity index (χ1) is 5.61. The predicted octanol–water partition coefficient (Wildman–Crippen LogP) is -1.87. The van der Waals surface area contributed by atoms with Crippen molar-refractivity contribution in [1.29, 1.82) is 0 Å². The maximum atomic E-state index is 10.8. The Morgan fingerprint density at radius 3 is 2.54 bits per heavy atom. The molecular formula is C8H7NaO3S. The molecule has 1 aromatic carbocycles. The van der Waals surface area contributed by atoms with E-state index in [2.05, 4.69) is 0 Å². The first kappa shape index (κ1) is 13.0. The van der Waals surface area contributed by atoms with Gasteiger partial charge >= 0.3 is 29.6 Å². The summed E-state index contributed by atoms with van der Waals surface area (Å²) in [5.41, 5.74) is 0.414. The van der Waals surface area contributed by atoms with Gasteiger partial charge in [0.2, 0.25) is 0 Å². The Labute approximate surface area is 101 Å².